The van der Waals surface area contributed by atoms with E-state index in [0.717, 1.165) is 12.8 Å². The minimum absolute atomic E-state index is 0.258. The number of fused-ring (bicyclic) bond motifs is 10. The maximum atomic E-state index is 2.59. The number of hydrogen-bond acceptors (Lipinski definition) is 0. The van der Waals surface area contributed by atoms with Gasteiger partial charge in [-0.05, 0) is 47.4 Å². The highest BCUT2D eigenvalue weighted by molar-refractivity contribution is 7.00. The smallest absolute Gasteiger partial charge is 0.252 e. The molecule has 0 amide bonds. The lowest BCUT2D eigenvalue weighted by molar-refractivity contribution is 0.889. The van der Waals surface area contributed by atoms with Gasteiger partial charge in [0.15, 0.2) is 0 Å². The molecule has 9 rings (SSSR count). The molecule has 2 aliphatic heterocycles. The molecule has 0 unspecified atom stereocenters. The summed E-state index contributed by atoms with van der Waals surface area (Å²) in [6.45, 7) is 0.258. The molecule has 1 aliphatic carbocycles. The monoisotopic (exact) mass is 418 g/mol. The molecular formula is C30H19BN2. The average molecular weight is 418 g/mol. The van der Waals surface area contributed by atoms with Crippen molar-refractivity contribution in [1.29, 1.82) is 0 Å². The molecule has 2 aromatic heterocycles. The van der Waals surface area contributed by atoms with Gasteiger partial charge in [-0.3, -0.25) is 0 Å². The van der Waals surface area contributed by atoms with Gasteiger partial charge in [0.2, 0.25) is 0 Å². The highest BCUT2D eigenvalue weighted by Gasteiger charge is 2.40. The summed E-state index contributed by atoms with van der Waals surface area (Å²) in [4.78, 5) is 0. The van der Waals surface area contributed by atoms with E-state index < -0.39 is 0 Å². The maximum Gasteiger partial charge on any atom is 0.252 e. The molecule has 2 nitrogen and oxygen atoms in total. The van der Waals surface area contributed by atoms with E-state index in [4.69, 9.17) is 0 Å². The van der Waals surface area contributed by atoms with E-state index in [2.05, 4.69) is 100 Å². The third kappa shape index (κ3) is 1.75. The van der Waals surface area contributed by atoms with Gasteiger partial charge >= 0.3 is 0 Å². The number of hydrogen-bond donors (Lipinski definition) is 0. The summed E-state index contributed by atoms with van der Waals surface area (Å²) >= 11 is 0. The summed E-state index contributed by atoms with van der Waals surface area (Å²) in [6.07, 6.45) is 6.90. The molecule has 3 aliphatic rings. The van der Waals surface area contributed by atoms with Crippen LogP contribution in [-0.2, 0) is 6.42 Å². The predicted octanol–water partition coefficient (Wildman–Crippen LogP) is 4.83. The normalized spacial score (nSPS) is 14.8. The first-order valence-corrected chi connectivity index (χ1v) is 11.9. The van der Waals surface area contributed by atoms with Crippen LogP contribution in [0.2, 0.25) is 0 Å². The van der Waals surface area contributed by atoms with Crippen LogP contribution in [0, 0.1) is 0 Å². The molecule has 4 aromatic carbocycles. The summed E-state index contributed by atoms with van der Waals surface area (Å²) in [5.41, 5.74) is 14.0. The Balaban J connectivity index is 1.56. The summed E-state index contributed by atoms with van der Waals surface area (Å²) in [5, 5.41) is 4.09. The van der Waals surface area contributed by atoms with E-state index in [0.29, 0.717) is 0 Å². The van der Waals surface area contributed by atoms with Gasteiger partial charge in [0.25, 0.3) is 6.71 Å². The molecule has 0 atom stereocenters. The molecule has 0 radical (unpaired) electrons. The van der Waals surface area contributed by atoms with Crippen LogP contribution in [0.4, 0.5) is 0 Å². The molecule has 4 heterocycles. The Hall–Kier alpha value is -3.98. The molecule has 0 N–H and O–H groups in total. The molecular weight excluding hydrogens is 399 g/mol. The zero-order valence-electron chi connectivity index (χ0n) is 18.0. The van der Waals surface area contributed by atoms with Crippen LogP contribution in [0.3, 0.4) is 0 Å². The van der Waals surface area contributed by atoms with Crippen LogP contribution in [0.15, 0.2) is 84.9 Å². The van der Waals surface area contributed by atoms with Crippen molar-refractivity contribution < 1.29 is 0 Å². The number of aromatic nitrogens is 2. The lowest BCUT2D eigenvalue weighted by Gasteiger charge is -2.33. The average Bonchev–Trinajstić information content (AvgIpc) is 3.39. The van der Waals surface area contributed by atoms with Crippen molar-refractivity contribution in [2.45, 2.75) is 12.8 Å². The first-order chi connectivity index (χ1) is 16.4. The van der Waals surface area contributed by atoms with Gasteiger partial charge in [0.05, 0.1) is 5.52 Å². The Labute approximate surface area is 191 Å². The topological polar surface area (TPSA) is 9.86 Å². The van der Waals surface area contributed by atoms with Gasteiger partial charge in [-0.2, -0.15) is 0 Å². The van der Waals surface area contributed by atoms with Crippen molar-refractivity contribution in [2.75, 3.05) is 0 Å². The Morgan fingerprint density at radius 1 is 0.636 bits per heavy atom. The Morgan fingerprint density at radius 2 is 1.33 bits per heavy atom. The highest BCUT2D eigenvalue weighted by Crippen LogP contribution is 2.39. The van der Waals surface area contributed by atoms with Crippen LogP contribution in [0.5, 0.6) is 0 Å². The molecule has 0 saturated heterocycles. The van der Waals surface area contributed by atoms with E-state index in [1.54, 1.807) is 0 Å². The number of rotatable bonds is 0. The van der Waals surface area contributed by atoms with Crippen LogP contribution < -0.4 is 16.4 Å². The van der Waals surface area contributed by atoms with Gasteiger partial charge in [-0.15, -0.1) is 0 Å². The fourth-order valence-electron chi connectivity index (χ4n) is 7.03. The third-order valence-electron chi connectivity index (χ3n) is 8.17. The maximum absolute atomic E-state index is 2.59. The van der Waals surface area contributed by atoms with Crippen LogP contribution >= 0.6 is 0 Å². The van der Waals surface area contributed by atoms with Crippen molar-refractivity contribution >= 4 is 61.9 Å². The quantitative estimate of drug-likeness (QED) is 0.312. The molecule has 0 bridgehead atoms. The first-order valence-electron chi connectivity index (χ1n) is 11.9. The predicted molar refractivity (Wildman–Crippen MR) is 140 cm³/mol. The first kappa shape index (κ1) is 16.6. The Bertz CT molecular complexity index is 1880. The van der Waals surface area contributed by atoms with Crippen molar-refractivity contribution in [3.8, 4) is 11.4 Å². The second-order valence-corrected chi connectivity index (χ2v) is 9.62. The SMILES string of the molecule is C1=Cc2c(n3c4c(cccc24)B2c4c-3cccc4-n3c4ccccc4c4cccc2c43)CC1. The van der Waals surface area contributed by atoms with Gasteiger partial charge < -0.3 is 9.13 Å². The van der Waals surface area contributed by atoms with E-state index in [1.807, 2.05) is 0 Å². The number of para-hydroxylation sites is 3. The van der Waals surface area contributed by atoms with Crippen molar-refractivity contribution in [1.82, 2.24) is 9.13 Å². The zero-order chi connectivity index (χ0) is 21.3. The third-order valence-corrected chi connectivity index (χ3v) is 8.17. The number of allylic oxidation sites excluding steroid dienone is 1. The minimum atomic E-state index is 0.258. The fourth-order valence-corrected chi connectivity index (χ4v) is 7.03. The standard InChI is InChI=1S/C30H19BN2/c1-3-14-24-18(8-1)20-10-5-12-22-29(20)32(24)26-16-7-17-27-28(26)31(22)23-13-6-11-21-19-9-2-4-15-25(19)33(27)30(21)23/h1-3,5-14,16-17H,4,15H2. The molecule has 0 saturated carbocycles. The Morgan fingerprint density at radius 3 is 2.21 bits per heavy atom. The van der Waals surface area contributed by atoms with Crippen LogP contribution in [0.25, 0.3) is 50.2 Å². The minimum Gasteiger partial charge on any atom is -0.314 e. The lowest BCUT2D eigenvalue weighted by atomic mass is 9.34. The van der Waals surface area contributed by atoms with Crippen molar-refractivity contribution in [3.63, 3.8) is 0 Å². The van der Waals surface area contributed by atoms with Crippen molar-refractivity contribution in [3.05, 3.63) is 96.2 Å². The highest BCUT2D eigenvalue weighted by atomic mass is 15.0. The summed E-state index contributed by atoms with van der Waals surface area (Å²) < 4.78 is 5.12. The molecule has 152 valence electrons. The largest absolute Gasteiger partial charge is 0.314 e. The molecule has 3 heteroatoms. The second kappa shape index (κ2) is 5.50. The van der Waals surface area contributed by atoms with Gasteiger partial charge in [-0.1, -0.05) is 72.8 Å². The lowest BCUT2D eigenvalue weighted by Crippen LogP contribution is -2.59. The number of benzene rings is 4. The van der Waals surface area contributed by atoms with E-state index in [-0.39, 0.29) is 6.71 Å². The van der Waals surface area contributed by atoms with Gasteiger partial charge in [0, 0.05) is 49.8 Å². The van der Waals surface area contributed by atoms with E-state index >= 15 is 0 Å². The zero-order valence-corrected chi connectivity index (χ0v) is 18.0. The van der Waals surface area contributed by atoms with Crippen LogP contribution in [-0.4, -0.2) is 15.8 Å². The molecule has 0 spiro atoms. The molecule has 33 heavy (non-hydrogen) atoms. The molecule has 6 aromatic rings. The van der Waals surface area contributed by atoms with Crippen LogP contribution in [0.1, 0.15) is 17.7 Å². The van der Waals surface area contributed by atoms with Gasteiger partial charge in [-0.25, -0.2) is 0 Å². The fraction of sp³-hybridized carbons (Fsp3) is 0.0667. The van der Waals surface area contributed by atoms with E-state index in [9.17, 15) is 0 Å². The van der Waals surface area contributed by atoms with Gasteiger partial charge in [0.1, 0.15) is 0 Å². The summed E-state index contributed by atoms with van der Waals surface area (Å²) in [5.74, 6) is 0. The van der Waals surface area contributed by atoms with Crippen molar-refractivity contribution in [2.24, 2.45) is 0 Å². The second-order valence-electron chi connectivity index (χ2n) is 9.62. The molecule has 0 fully saturated rings. The Kier molecular flexibility index (Phi) is 2.77. The summed E-state index contributed by atoms with van der Waals surface area (Å²) in [7, 11) is 0. The summed E-state index contributed by atoms with van der Waals surface area (Å²) in [6, 6.07) is 29.7. The van der Waals surface area contributed by atoms with E-state index in [1.165, 1.54) is 71.7 Å². The number of nitrogens with zero attached hydrogens (tertiary/aromatic N) is 2.